The molecule has 0 spiro atoms. The molecule has 2 aromatic rings. The number of carbonyl (C=O) groups is 1. The first-order valence-corrected chi connectivity index (χ1v) is 9.86. The molecule has 2 aromatic heterocycles. The van der Waals surface area contributed by atoms with Crippen molar-refractivity contribution in [3.63, 3.8) is 0 Å². The Hall–Kier alpha value is -1.14. The van der Waals surface area contributed by atoms with Gasteiger partial charge in [-0.3, -0.25) is 4.79 Å². The van der Waals surface area contributed by atoms with Gasteiger partial charge in [-0.1, -0.05) is 11.8 Å². The SMILES string of the molecule is Cc1nc(SCC(=O)NC(C)(C)C)c2c3c(sc2n1)CCCC3. The highest BCUT2D eigenvalue weighted by Gasteiger charge is 2.21. The second-order valence-corrected chi connectivity index (χ2v) is 9.10. The van der Waals surface area contributed by atoms with Gasteiger partial charge in [0.05, 0.1) is 5.75 Å². The molecular weight excluding hydrogens is 326 g/mol. The standard InChI is InChI=1S/C17H23N3OS2/c1-10-18-15(22-9-13(21)20-17(2,3)4)14-11-7-5-6-8-12(11)23-16(14)19-10/h5-9H2,1-4H3,(H,20,21). The molecule has 0 aliphatic heterocycles. The van der Waals surface area contributed by atoms with Gasteiger partial charge in [-0.15, -0.1) is 11.3 Å². The molecule has 0 bridgehead atoms. The summed E-state index contributed by atoms with van der Waals surface area (Å²) in [7, 11) is 0. The van der Waals surface area contributed by atoms with E-state index in [1.165, 1.54) is 40.4 Å². The highest BCUT2D eigenvalue weighted by molar-refractivity contribution is 8.00. The molecule has 0 radical (unpaired) electrons. The maximum Gasteiger partial charge on any atom is 0.230 e. The van der Waals surface area contributed by atoms with Gasteiger partial charge in [0.25, 0.3) is 0 Å². The van der Waals surface area contributed by atoms with Gasteiger partial charge in [0.15, 0.2) is 0 Å². The molecule has 1 aliphatic rings. The zero-order valence-electron chi connectivity index (χ0n) is 14.2. The van der Waals surface area contributed by atoms with Gasteiger partial charge in [0.2, 0.25) is 5.91 Å². The van der Waals surface area contributed by atoms with E-state index in [1.807, 2.05) is 39.0 Å². The van der Waals surface area contributed by atoms with Crippen LogP contribution >= 0.6 is 23.1 Å². The van der Waals surface area contributed by atoms with Crippen LogP contribution in [0.25, 0.3) is 10.2 Å². The normalized spacial score (nSPS) is 14.8. The van der Waals surface area contributed by atoms with Gasteiger partial charge in [0, 0.05) is 15.8 Å². The van der Waals surface area contributed by atoms with Crippen molar-refractivity contribution in [3.8, 4) is 0 Å². The Bertz CT molecular complexity index is 746. The number of thiophene rings is 1. The molecule has 124 valence electrons. The van der Waals surface area contributed by atoms with Crippen molar-refractivity contribution in [2.75, 3.05) is 5.75 Å². The molecular formula is C17H23N3OS2. The molecule has 0 unspecified atom stereocenters. The Labute approximate surface area is 145 Å². The van der Waals surface area contributed by atoms with Crippen molar-refractivity contribution in [2.45, 2.75) is 63.9 Å². The highest BCUT2D eigenvalue weighted by Crippen LogP contribution is 2.39. The van der Waals surface area contributed by atoms with Crippen molar-refractivity contribution in [1.82, 2.24) is 15.3 Å². The van der Waals surface area contributed by atoms with Crippen molar-refractivity contribution in [1.29, 1.82) is 0 Å². The fourth-order valence-electron chi connectivity index (χ4n) is 2.92. The summed E-state index contributed by atoms with van der Waals surface area (Å²) in [5.41, 5.74) is 1.23. The van der Waals surface area contributed by atoms with Crippen LogP contribution in [0.15, 0.2) is 5.03 Å². The van der Waals surface area contributed by atoms with Gasteiger partial charge in [-0.2, -0.15) is 0 Å². The molecule has 4 nitrogen and oxygen atoms in total. The predicted octanol–water partition coefficient (Wildman–Crippen LogP) is 3.89. The third kappa shape index (κ3) is 3.86. The molecule has 3 rings (SSSR count). The predicted molar refractivity (Wildman–Crippen MR) is 97.4 cm³/mol. The minimum Gasteiger partial charge on any atom is -0.351 e. The van der Waals surface area contributed by atoms with Gasteiger partial charge in [-0.05, 0) is 58.9 Å². The third-order valence-corrected chi connectivity index (χ3v) is 5.91. The van der Waals surface area contributed by atoms with Crippen LogP contribution in [0.5, 0.6) is 0 Å². The number of fused-ring (bicyclic) bond motifs is 3. The summed E-state index contributed by atoms with van der Waals surface area (Å²) in [6.07, 6.45) is 4.78. The summed E-state index contributed by atoms with van der Waals surface area (Å²) in [4.78, 5) is 23.9. The second-order valence-electron chi connectivity index (χ2n) is 7.05. The molecule has 0 atom stereocenters. The molecule has 0 saturated heterocycles. The molecule has 2 heterocycles. The van der Waals surface area contributed by atoms with Crippen LogP contribution in [0.1, 0.15) is 49.9 Å². The van der Waals surface area contributed by atoms with Crippen LogP contribution < -0.4 is 5.32 Å². The van der Waals surface area contributed by atoms with E-state index >= 15 is 0 Å². The minimum atomic E-state index is -0.198. The van der Waals surface area contributed by atoms with E-state index in [2.05, 4.69) is 15.3 Å². The summed E-state index contributed by atoms with van der Waals surface area (Å²) in [5, 5.41) is 5.17. The summed E-state index contributed by atoms with van der Waals surface area (Å²) >= 11 is 3.34. The van der Waals surface area contributed by atoms with Gasteiger partial charge >= 0.3 is 0 Å². The number of nitrogens with one attached hydrogen (secondary N) is 1. The van der Waals surface area contributed by atoms with Crippen molar-refractivity contribution < 1.29 is 4.79 Å². The average molecular weight is 350 g/mol. The summed E-state index contributed by atoms with van der Waals surface area (Å²) in [5.74, 6) is 1.24. The van der Waals surface area contributed by atoms with E-state index in [9.17, 15) is 4.79 Å². The number of aryl methyl sites for hydroxylation is 3. The minimum absolute atomic E-state index is 0.0519. The van der Waals surface area contributed by atoms with Crippen LogP contribution in [0.3, 0.4) is 0 Å². The van der Waals surface area contributed by atoms with Gasteiger partial charge in [0.1, 0.15) is 15.7 Å². The molecule has 1 amide bonds. The number of aromatic nitrogens is 2. The first kappa shape index (κ1) is 16.7. The van der Waals surface area contributed by atoms with Crippen LogP contribution in [-0.4, -0.2) is 27.2 Å². The number of hydrogen-bond acceptors (Lipinski definition) is 5. The number of rotatable bonds is 3. The first-order chi connectivity index (χ1) is 10.8. The van der Waals surface area contributed by atoms with E-state index in [4.69, 9.17) is 0 Å². The molecule has 6 heteroatoms. The summed E-state index contributed by atoms with van der Waals surface area (Å²) in [6, 6.07) is 0. The second kappa shape index (κ2) is 6.40. The lowest BCUT2D eigenvalue weighted by Gasteiger charge is -2.20. The zero-order valence-corrected chi connectivity index (χ0v) is 15.8. The topological polar surface area (TPSA) is 54.9 Å². The van der Waals surface area contributed by atoms with Crippen molar-refractivity contribution in [3.05, 3.63) is 16.3 Å². The smallest absolute Gasteiger partial charge is 0.230 e. The lowest BCUT2D eigenvalue weighted by molar-refractivity contribution is -0.119. The largest absolute Gasteiger partial charge is 0.351 e. The summed E-state index contributed by atoms with van der Waals surface area (Å²) < 4.78 is 0. The lowest BCUT2D eigenvalue weighted by atomic mass is 9.97. The number of thioether (sulfide) groups is 1. The van der Waals surface area contributed by atoms with Crippen LogP contribution in [-0.2, 0) is 17.6 Å². The Morgan fingerprint density at radius 2 is 2.00 bits per heavy atom. The lowest BCUT2D eigenvalue weighted by Crippen LogP contribution is -2.41. The zero-order chi connectivity index (χ0) is 16.6. The maximum absolute atomic E-state index is 12.1. The molecule has 23 heavy (non-hydrogen) atoms. The Balaban J connectivity index is 1.88. The molecule has 1 aliphatic carbocycles. The van der Waals surface area contributed by atoms with Crippen molar-refractivity contribution >= 4 is 39.2 Å². The molecule has 0 fully saturated rings. The van der Waals surface area contributed by atoms with E-state index in [-0.39, 0.29) is 11.4 Å². The number of hydrogen-bond donors (Lipinski definition) is 1. The van der Waals surface area contributed by atoms with Crippen LogP contribution in [0, 0.1) is 6.92 Å². The molecule has 0 aromatic carbocycles. The summed E-state index contributed by atoms with van der Waals surface area (Å²) in [6.45, 7) is 7.92. The van der Waals surface area contributed by atoms with Crippen LogP contribution in [0.2, 0.25) is 0 Å². The van der Waals surface area contributed by atoms with Crippen molar-refractivity contribution in [2.24, 2.45) is 0 Å². The Morgan fingerprint density at radius 1 is 1.26 bits per heavy atom. The fourth-order valence-corrected chi connectivity index (χ4v) is 5.19. The van der Waals surface area contributed by atoms with Crippen LogP contribution in [0.4, 0.5) is 0 Å². The third-order valence-electron chi connectivity index (χ3n) is 3.75. The van der Waals surface area contributed by atoms with E-state index in [0.717, 1.165) is 28.5 Å². The molecule has 1 N–H and O–H groups in total. The average Bonchev–Trinajstić information content (AvgIpc) is 2.80. The maximum atomic E-state index is 12.1. The van der Waals surface area contributed by atoms with Gasteiger partial charge in [-0.25, -0.2) is 9.97 Å². The number of nitrogens with zero attached hydrogens (tertiary/aromatic N) is 2. The van der Waals surface area contributed by atoms with E-state index < -0.39 is 0 Å². The molecule has 0 saturated carbocycles. The van der Waals surface area contributed by atoms with Gasteiger partial charge < -0.3 is 5.32 Å². The quantitative estimate of drug-likeness (QED) is 0.675. The van der Waals surface area contributed by atoms with E-state index in [1.54, 1.807) is 0 Å². The first-order valence-electron chi connectivity index (χ1n) is 8.06. The Kier molecular flexibility index (Phi) is 4.65. The highest BCUT2D eigenvalue weighted by atomic mass is 32.2. The monoisotopic (exact) mass is 349 g/mol. The number of amides is 1. The number of carbonyl (C=O) groups excluding carboxylic acids is 1. The Morgan fingerprint density at radius 3 is 2.74 bits per heavy atom. The van der Waals surface area contributed by atoms with E-state index in [0.29, 0.717) is 5.75 Å². The fraction of sp³-hybridized carbons (Fsp3) is 0.588.